The van der Waals surface area contributed by atoms with E-state index in [1.165, 1.54) is 17.2 Å². The van der Waals surface area contributed by atoms with Gasteiger partial charge in [0.15, 0.2) is 17.7 Å². The van der Waals surface area contributed by atoms with E-state index in [2.05, 4.69) is 25.3 Å². The van der Waals surface area contributed by atoms with Crippen molar-refractivity contribution in [1.82, 2.24) is 19.5 Å². The molecule has 2 aromatic heterocycles. The highest BCUT2D eigenvalue weighted by Crippen LogP contribution is 2.32. The third kappa shape index (κ3) is 3.52. The van der Waals surface area contributed by atoms with Gasteiger partial charge in [0.05, 0.1) is 12.9 Å². The number of aliphatic hydroxyl groups excluding tert-OH is 2. The number of aliphatic hydroxyl groups is 2. The zero-order valence-corrected chi connectivity index (χ0v) is 13.9. The van der Waals surface area contributed by atoms with E-state index >= 15 is 0 Å². The zero-order chi connectivity index (χ0) is 18.0. The minimum atomic E-state index is -1.19. The Morgan fingerprint density at radius 2 is 2.12 bits per heavy atom. The summed E-state index contributed by atoms with van der Waals surface area (Å²) in [7, 11) is 0. The van der Waals surface area contributed by atoms with Crippen LogP contribution >= 0.6 is 0 Å². The highest BCUT2D eigenvalue weighted by molar-refractivity contribution is 5.81. The Labute approximate surface area is 143 Å². The molecular weight excluding hydrogens is 330 g/mol. The molecular formula is C14H21N7O4. The first-order chi connectivity index (χ1) is 12.0. The first-order valence-corrected chi connectivity index (χ1v) is 7.92. The third-order valence-corrected chi connectivity index (χ3v) is 3.80. The molecule has 0 aromatic carbocycles. The van der Waals surface area contributed by atoms with Gasteiger partial charge in [-0.3, -0.25) is 4.57 Å². The van der Waals surface area contributed by atoms with E-state index in [4.69, 9.17) is 15.3 Å². The van der Waals surface area contributed by atoms with E-state index < -0.39 is 24.5 Å². The normalized spacial score (nSPS) is 26.9. The van der Waals surface area contributed by atoms with Gasteiger partial charge in [-0.05, 0) is 5.92 Å². The summed E-state index contributed by atoms with van der Waals surface area (Å²) in [5.41, 5.74) is 6.55. The maximum Gasteiger partial charge on any atom is 0.167 e. The first kappa shape index (κ1) is 17.5. The number of anilines is 1. The molecule has 1 aliphatic rings. The highest BCUT2D eigenvalue weighted by atomic mass is 16.7. The number of nitrogens with zero attached hydrogens (tertiary/aromatic N) is 6. The van der Waals surface area contributed by atoms with Crippen LogP contribution < -0.4 is 5.73 Å². The van der Waals surface area contributed by atoms with E-state index in [1.807, 2.05) is 13.8 Å². The van der Waals surface area contributed by atoms with Crippen LogP contribution in [0.1, 0.15) is 20.1 Å². The quantitative estimate of drug-likeness (QED) is 0.488. The lowest BCUT2D eigenvalue weighted by Crippen LogP contribution is -2.33. The Hall–Kier alpha value is -2.37. The second-order valence-corrected chi connectivity index (χ2v) is 6.22. The first-order valence-electron chi connectivity index (χ1n) is 7.92. The van der Waals surface area contributed by atoms with Crippen LogP contribution in [0.2, 0.25) is 0 Å². The fraction of sp³-hybridized carbons (Fsp3) is 0.643. The van der Waals surface area contributed by atoms with E-state index in [0.717, 1.165) is 0 Å². The van der Waals surface area contributed by atoms with Crippen LogP contribution in [0.25, 0.3) is 11.2 Å². The molecule has 136 valence electrons. The molecule has 0 spiro atoms. The molecule has 3 rings (SSSR count). The van der Waals surface area contributed by atoms with E-state index in [-0.39, 0.29) is 12.4 Å². The highest BCUT2D eigenvalue weighted by Gasteiger charge is 2.44. The number of hydrogen-bond acceptors (Lipinski definition) is 10. The van der Waals surface area contributed by atoms with Crippen LogP contribution in [-0.2, 0) is 9.57 Å². The van der Waals surface area contributed by atoms with Gasteiger partial charge in [-0.15, -0.1) is 0 Å². The summed E-state index contributed by atoms with van der Waals surface area (Å²) in [6.07, 6.45) is -1.26. The average molecular weight is 351 g/mol. The summed E-state index contributed by atoms with van der Waals surface area (Å²) in [4.78, 5) is 17.1. The minimum Gasteiger partial charge on any atom is -0.387 e. The molecule has 1 aliphatic heterocycles. The van der Waals surface area contributed by atoms with Crippen molar-refractivity contribution in [3.63, 3.8) is 0 Å². The molecule has 2 aromatic rings. The Bertz CT molecular complexity index is 750. The Morgan fingerprint density at radius 3 is 2.88 bits per heavy atom. The fourth-order valence-electron chi connectivity index (χ4n) is 2.50. The second kappa shape index (κ2) is 7.25. The minimum absolute atomic E-state index is 0.0416. The third-order valence-electron chi connectivity index (χ3n) is 3.80. The van der Waals surface area contributed by atoms with Crippen LogP contribution in [0.4, 0.5) is 5.82 Å². The van der Waals surface area contributed by atoms with Crippen molar-refractivity contribution in [2.75, 3.05) is 18.9 Å². The van der Waals surface area contributed by atoms with Crippen LogP contribution in [-0.4, -0.2) is 61.2 Å². The zero-order valence-electron chi connectivity index (χ0n) is 13.9. The van der Waals surface area contributed by atoms with E-state index in [1.54, 1.807) is 0 Å². The summed E-state index contributed by atoms with van der Waals surface area (Å²) >= 11 is 0. The molecule has 1 fully saturated rings. The smallest absolute Gasteiger partial charge is 0.167 e. The molecule has 11 heteroatoms. The van der Waals surface area contributed by atoms with Gasteiger partial charge in [-0.2, -0.15) is 5.11 Å². The average Bonchev–Trinajstić information content (AvgIpc) is 3.11. The van der Waals surface area contributed by atoms with Gasteiger partial charge >= 0.3 is 0 Å². The maximum absolute atomic E-state index is 10.3. The summed E-state index contributed by atoms with van der Waals surface area (Å²) < 4.78 is 7.20. The van der Waals surface area contributed by atoms with Crippen LogP contribution in [0.15, 0.2) is 23.0 Å². The van der Waals surface area contributed by atoms with Crippen molar-refractivity contribution >= 4 is 17.0 Å². The molecule has 3 heterocycles. The summed E-state index contributed by atoms with van der Waals surface area (Å²) in [5, 5.41) is 27.9. The largest absolute Gasteiger partial charge is 0.387 e. The molecule has 0 amide bonds. The van der Waals surface area contributed by atoms with Crippen molar-refractivity contribution in [3.05, 3.63) is 12.7 Å². The molecule has 4 N–H and O–H groups in total. The molecule has 0 unspecified atom stereocenters. The summed E-state index contributed by atoms with van der Waals surface area (Å²) in [5.74, 6) is 0.595. The topological polar surface area (TPSA) is 153 Å². The number of rotatable bonds is 6. The lowest BCUT2D eigenvalue weighted by molar-refractivity contribution is -0.0679. The number of aromatic nitrogens is 4. The number of fused-ring (bicyclic) bond motifs is 1. The molecule has 0 aliphatic carbocycles. The van der Waals surface area contributed by atoms with Crippen molar-refractivity contribution in [2.45, 2.75) is 38.4 Å². The van der Waals surface area contributed by atoms with Crippen LogP contribution in [0, 0.1) is 5.92 Å². The standard InChI is InChI=1S/C14H21N7O4/c1-7(2)3-19-20-24-4-8-10(22)11(23)14(25-8)21-6-18-9-12(15)16-5-17-13(9)21/h5-8,10-11,14,22-23H,3-4H2,1-2H3,(H2,15,16,17)/t8-,10-,11-,14-/m1/s1. The van der Waals surface area contributed by atoms with Crippen molar-refractivity contribution in [2.24, 2.45) is 16.3 Å². The van der Waals surface area contributed by atoms with Gasteiger partial charge in [0.1, 0.15) is 36.8 Å². The van der Waals surface area contributed by atoms with Crippen molar-refractivity contribution in [1.29, 1.82) is 0 Å². The predicted molar refractivity (Wildman–Crippen MR) is 86.2 cm³/mol. The Kier molecular flexibility index (Phi) is 5.06. The number of imidazole rings is 1. The molecule has 0 radical (unpaired) electrons. The molecule has 4 atom stereocenters. The summed E-state index contributed by atoms with van der Waals surface area (Å²) in [6, 6.07) is 0. The lowest BCUT2D eigenvalue weighted by Gasteiger charge is -2.16. The molecule has 0 bridgehead atoms. The van der Waals surface area contributed by atoms with Gasteiger partial charge in [0.25, 0.3) is 0 Å². The number of hydrogen-bond donors (Lipinski definition) is 3. The van der Waals surface area contributed by atoms with Gasteiger partial charge in [0.2, 0.25) is 0 Å². The molecule has 11 nitrogen and oxygen atoms in total. The monoisotopic (exact) mass is 351 g/mol. The van der Waals surface area contributed by atoms with Crippen molar-refractivity contribution in [3.8, 4) is 0 Å². The molecule has 25 heavy (non-hydrogen) atoms. The fourth-order valence-corrected chi connectivity index (χ4v) is 2.50. The van der Waals surface area contributed by atoms with Crippen LogP contribution in [0.3, 0.4) is 0 Å². The van der Waals surface area contributed by atoms with Crippen molar-refractivity contribution < 1.29 is 19.8 Å². The van der Waals surface area contributed by atoms with Gasteiger partial charge in [-0.1, -0.05) is 13.8 Å². The van der Waals surface area contributed by atoms with Gasteiger partial charge < -0.3 is 25.5 Å². The molecule has 0 saturated carbocycles. The number of nitrogen functional groups attached to an aromatic ring is 1. The van der Waals surface area contributed by atoms with Gasteiger partial charge in [0, 0.05) is 5.28 Å². The van der Waals surface area contributed by atoms with Gasteiger partial charge in [-0.25, -0.2) is 15.0 Å². The SMILES string of the molecule is CC(C)CN=NOC[C@H]1O[C@@H](n2cnc3c(N)ncnc32)[C@H](O)[C@@H]1O. The Balaban J connectivity index is 1.69. The Morgan fingerprint density at radius 1 is 1.32 bits per heavy atom. The number of ether oxygens (including phenoxy) is 1. The summed E-state index contributed by atoms with van der Waals surface area (Å²) in [6.45, 7) is 4.52. The van der Waals surface area contributed by atoms with E-state index in [0.29, 0.717) is 23.6 Å². The lowest BCUT2D eigenvalue weighted by atomic mass is 10.1. The van der Waals surface area contributed by atoms with Crippen LogP contribution in [0.5, 0.6) is 0 Å². The maximum atomic E-state index is 10.3. The number of nitrogens with two attached hydrogens (primary N) is 1. The second-order valence-electron chi connectivity index (χ2n) is 6.22. The predicted octanol–water partition coefficient (Wildman–Crippen LogP) is 0.0675. The van der Waals surface area contributed by atoms with E-state index in [9.17, 15) is 10.2 Å². The molecule has 1 saturated heterocycles.